The molecular weight excluding hydrogens is 384 g/mol. The quantitative estimate of drug-likeness (QED) is 0.505. The van der Waals surface area contributed by atoms with Crippen molar-refractivity contribution in [3.63, 3.8) is 0 Å². The summed E-state index contributed by atoms with van der Waals surface area (Å²) in [5, 5.41) is 6.29. The van der Waals surface area contributed by atoms with Crippen molar-refractivity contribution in [2.24, 2.45) is 5.18 Å². The van der Waals surface area contributed by atoms with Crippen LogP contribution in [-0.4, -0.2) is 37.8 Å². The molecule has 30 heavy (non-hydrogen) atoms. The fraction of sp³-hybridized carbons (Fsp3) is 0.273. The first-order valence-electron chi connectivity index (χ1n) is 9.43. The first-order valence-corrected chi connectivity index (χ1v) is 9.43. The summed E-state index contributed by atoms with van der Waals surface area (Å²) >= 11 is 0. The summed E-state index contributed by atoms with van der Waals surface area (Å²) < 4.78 is 15.7. The van der Waals surface area contributed by atoms with Crippen molar-refractivity contribution in [3.05, 3.63) is 64.6 Å². The minimum Gasteiger partial charge on any atom is -0.497 e. The maximum absolute atomic E-state index is 10.7. The van der Waals surface area contributed by atoms with Crippen molar-refractivity contribution < 1.29 is 14.2 Å². The molecule has 8 heteroatoms. The number of methoxy groups -OCH3 is 3. The summed E-state index contributed by atoms with van der Waals surface area (Å²) in [5.41, 5.74) is 3.36. The molecule has 2 aromatic carbocycles. The summed E-state index contributed by atoms with van der Waals surface area (Å²) in [6, 6.07) is 15.5. The molecule has 8 nitrogen and oxygen atoms in total. The lowest BCUT2D eigenvalue weighted by Gasteiger charge is -2.11. The second-order valence-corrected chi connectivity index (χ2v) is 6.46. The number of hydrogen-bond donors (Lipinski definition) is 1. The maximum atomic E-state index is 10.7. The van der Waals surface area contributed by atoms with Crippen LogP contribution in [0.15, 0.2) is 53.7 Å². The zero-order chi connectivity index (χ0) is 21.3. The Kier molecular flexibility index (Phi) is 7.15. The molecule has 0 aliphatic carbocycles. The number of nitrogens with zero attached hydrogens (tertiary/aromatic N) is 3. The van der Waals surface area contributed by atoms with E-state index in [-0.39, 0.29) is 12.6 Å². The highest BCUT2D eigenvalue weighted by molar-refractivity contribution is 5.65. The maximum Gasteiger partial charge on any atom is 0.318 e. The molecule has 3 rings (SSSR count). The van der Waals surface area contributed by atoms with Crippen LogP contribution < -0.4 is 19.5 Å². The third-order valence-electron chi connectivity index (χ3n) is 4.58. The predicted molar refractivity (Wildman–Crippen MR) is 115 cm³/mol. The van der Waals surface area contributed by atoms with E-state index in [1.807, 2.05) is 42.5 Å². The first kappa shape index (κ1) is 21.0. The normalized spacial score (nSPS) is 10.4. The molecule has 0 amide bonds. The van der Waals surface area contributed by atoms with Gasteiger partial charge in [-0.05, 0) is 42.3 Å². The Morgan fingerprint density at radius 1 is 0.933 bits per heavy atom. The van der Waals surface area contributed by atoms with E-state index in [1.54, 1.807) is 20.3 Å². The van der Waals surface area contributed by atoms with Crippen LogP contribution in [0.2, 0.25) is 0 Å². The van der Waals surface area contributed by atoms with E-state index in [0.717, 1.165) is 17.7 Å². The summed E-state index contributed by atoms with van der Waals surface area (Å²) in [6.07, 6.45) is 0.823. The molecule has 0 unspecified atom stereocenters. The van der Waals surface area contributed by atoms with Gasteiger partial charge in [0.15, 0.2) is 0 Å². The van der Waals surface area contributed by atoms with Crippen molar-refractivity contribution in [1.29, 1.82) is 0 Å². The molecule has 0 fully saturated rings. The lowest BCUT2D eigenvalue weighted by Crippen LogP contribution is -2.08. The van der Waals surface area contributed by atoms with Crippen molar-refractivity contribution in [2.45, 2.75) is 13.0 Å². The number of hydrogen-bond acceptors (Lipinski definition) is 8. The summed E-state index contributed by atoms with van der Waals surface area (Å²) in [6.45, 7) is 0.709. The van der Waals surface area contributed by atoms with Gasteiger partial charge in [0, 0.05) is 23.7 Å². The second kappa shape index (κ2) is 10.2. The molecule has 0 bridgehead atoms. The van der Waals surface area contributed by atoms with Gasteiger partial charge in [0.25, 0.3) is 0 Å². The highest BCUT2D eigenvalue weighted by Gasteiger charge is 2.11. The van der Waals surface area contributed by atoms with Gasteiger partial charge in [0.05, 0.1) is 27.0 Å². The van der Waals surface area contributed by atoms with Gasteiger partial charge in [-0.1, -0.05) is 17.3 Å². The number of nitrogens with one attached hydrogen (secondary N) is 1. The lowest BCUT2D eigenvalue weighted by atomic mass is 10.1. The van der Waals surface area contributed by atoms with Crippen LogP contribution in [-0.2, 0) is 13.0 Å². The first-order chi connectivity index (χ1) is 14.7. The van der Waals surface area contributed by atoms with Gasteiger partial charge in [-0.2, -0.15) is 14.9 Å². The van der Waals surface area contributed by atoms with Crippen LogP contribution in [0.25, 0.3) is 11.3 Å². The average Bonchev–Trinajstić information content (AvgIpc) is 2.79. The standard InChI is InChI=1S/C22H24N4O4/c1-28-18-7-4-15(5-8-18)10-11-23-21-13-19(25-22(26-21)30-3)16-6-9-20(29-2)17(12-16)14-24-27/h4-9,12-13H,10-11,14H2,1-3H3,(H,23,25,26). The van der Waals surface area contributed by atoms with Crippen LogP contribution in [0.5, 0.6) is 17.5 Å². The van der Waals surface area contributed by atoms with Gasteiger partial charge in [-0.25, -0.2) is 0 Å². The van der Waals surface area contributed by atoms with Gasteiger partial charge < -0.3 is 19.5 Å². The molecule has 1 heterocycles. The average molecular weight is 408 g/mol. The minimum absolute atomic E-state index is 0.0200. The summed E-state index contributed by atoms with van der Waals surface area (Å²) in [7, 11) is 4.73. The highest BCUT2D eigenvalue weighted by atomic mass is 16.5. The number of benzene rings is 2. The third-order valence-corrected chi connectivity index (χ3v) is 4.58. The molecule has 0 atom stereocenters. The number of nitroso groups, excluding NO2 is 1. The van der Waals surface area contributed by atoms with Crippen LogP contribution in [0, 0.1) is 4.91 Å². The smallest absolute Gasteiger partial charge is 0.318 e. The molecule has 0 aliphatic heterocycles. The van der Waals surface area contributed by atoms with Crippen LogP contribution >= 0.6 is 0 Å². The number of aromatic nitrogens is 2. The monoisotopic (exact) mass is 408 g/mol. The molecule has 0 aliphatic rings. The van der Waals surface area contributed by atoms with E-state index in [2.05, 4.69) is 20.5 Å². The largest absolute Gasteiger partial charge is 0.497 e. The van der Waals surface area contributed by atoms with Gasteiger partial charge in [-0.15, -0.1) is 0 Å². The van der Waals surface area contributed by atoms with E-state index < -0.39 is 0 Å². The van der Waals surface area contributed by atoms with Crippen LogP contribution in [0.1, 0.15) is 11.1 Å². The third kappa shape index (κ3) is 5.22. The topological polar surface area (TPSA) is 94.9 Å². The molecule has 0 saturated carbocycles. The number of ether oxygens (including phenoxy) is 3. The summed E-state index contributed by atoms with van der Waals surface area (Å²) in [4.78, 5) is 19.5. The van der Waals surface area contributed by atoms with Gasteiger partial charge in [0.2, 0.25) is 0 Å². The number of rotatable bonds is 10. The lowest BCUT2D eigenvalue weighted by molar-refractivity contribution is 0.381. The fourth-order valence-corrected chi connectivity index (χ4v) is 3.01. The molecule has 156 valence electrons. The second-order valence-electron chi connectivity index (χ2n) is 6.46. The Balaban J connectivity index is 1.77. The van der Waals surface area contributed by atoms with E-state index in [0.29, 0.717) is 29.4 Å². The van der Waals surface area contributed by atoms with Gasteiger partial charge in [-0.3, -0.25) is 0 Å². The van der Waals surface area contributed by atoms with Crippen molar-refractivity contribution >= 4 is 5.82 Å². The van der Waals surface area contributed by atoms with E-state index in [9.17, 15) is 4.91 Å². The highest BCUT2D eigenvalue weighted by Crippen LogP contribution is 2.28. The Bertz CT molecular complexity index is 993. The van der Waals surface area contributed by atoms with Crippen molar-refractivity contribution in [1.82, 2.24) is 9.97 Å². The van der Waals surface area contributed by atoms with Gasteiger partial charge in [0.1, 0.15) is 23.9 Å². The predicted octanol–water partition coefficient (Wildman–Crippen LogP) is 4.09. The molecule has 0 radical (unpaired) electrons. The molecule has 0 saturated heterocycles. The minimum atomic E-state index is 0.0200. The van der Waals surface area contributed by atoms with E-state index in [1.165, 1.54) is 12.7 Å². The SMILES string of the molecule is COc1ccc(CCNc2cc(-c3ccc(OC)c(CN=O)c3)nc(OC)n2)cc1. The van der Waals surface area contributed by atoms with Gasteiger partial charge >= 0.3 is 6.01 Å². The van der Waals surface area contributed by atoms with Crippen molar-refractivity contribution in [3.8, 4) is 28.8 Å². The van der Waals surface area contributed by atoms with Crippen LogP contribution in [0.4, 0.5) is 5.82 Å². The zero-order valence-electron chi connectivity index (χ0n) is 17.2. The summed E-state index contributed by atoms with van der Waals surface area (Å²) in [5.74, 6) is 2.09. The van der Waals surface area contributed by atoms with E-state index >= 15 is 0 Å². The molecular formula is C22H24N4O4. The molecule has 1 N–H and O–H groups in total. The van der Waals surface area contributed by atoms with Crippen LogP contribution in [0.3, 0.4) is 0 Å². The molecule has 1 aromatic heterocycles. The zero-order valence-corrected chi connectivity index (χ0v) is 17.2. The Morgan fingerprint density at radius 3 is 2.40 bits per heavy atom. The number of anilines is 1. The van der Waals surface area contributed by atoms with E-state index in [4.69, 9.17) is 14.2 Å². The Morgan fingerprint density at radius 2 is 1.73 bits per heavy atom. The fourth-order valence-electron chi connectivity index (χ4n) is 3.01. The molecule has 3 aromatic rings. The Hall–Kier alpha value is -3.68. The van der Waals surface area contributed by atoms with Crippen molar-refractivity contribution in [2.75, 3.05) is 33.2 Å². The molecule has 0 spiro atoms. The Labute approximate surface area is 175 Å².